The number of ether oxygens (including phenoxy) is 4. The quantitative estimate of drug-likeness (QED) is 0.159. The molecule has 1 fully saturated rings. The highest BCUT2D eigenvalue weighted by Crippen LogP contribution is 2.33. The summed E-state index contributed by atoms with van der Waals surface area (Å²) in [5, 5.41) is 22.4. The molecule has 0 heterocycles. The van der Waals surface area contributed by atoms with E-state index < -0.39 is 106 Å². The maximum absolute atomic E-state index is 14.6. The number of carbonyl (C=O) groups excluding carboxylic acids is 4. The van der Waals surface area contributed by atoms with Gasteiger partial charge in [0.05, 0.1) is 22.3 Å². The molecule has 1 aliphatic rings. The number of aliphatic hydroxyl groups excluding tert-OH is 2. The van der Waals surface area contributed by atoms with Gasteiger partial charge in [-0.25, -0.2) is 36.7 Å². The van der Waals surface area contributed by atoms with Gasteiger partial charge in [-0.1, -0.05) is 48.5 Å². The maximum atomic E-state index is 14.6. The molecular formula is C34H24F4O10. The molecule has 1 saturated carbocycles. The largest absolute Gasteiger partial charge is 0.452 e. The van der Waals surface area contributed by atoms with Gasteiger partial charge in [0.25, 0.3) is 0 Å². The Balaban J connectivity index is 1.60. The molecule has 6 atom stereocenters. The Morgan fingerprint density at radius 1 is 0.396 bits per heavy atom. The van der Waals surface area contributed by atoms with Gasteiger partial charge in [0, 0.05) is 0 Å². The van der Waals surface area contributed by atoms with Crippen molar-refractivity contribution in [2.75, 3.05) is 0 Å². The average molecular weight is 669 g/mol. The van der Waals surface area contributed by atoms with Crippen molar-refractivity contribution in [1.82, 2.24) is 0 Å². The number of benzene rings is 4. The molecule has 0 unspecified atom stereocenters. The van der Waals surface area contributed by atoms with E-state index in [0.29, 0.717) is 0 Å². The Labute approximate surface area is 269 Å². The van der Waals surface area contributed by atoms with Crippen LogP contribution in [0.1, 0.15) is 41.4 Å². The number of rotatable bonds is 8. The lowest BCUT2D eigenvalue weighted by Gasteiger charge is -2.45. The second kappa shape index (κ2) is 14.4. The minimum Gasteiger partial charge on any atom is -0.452 e. The molecule has 4 aromatic rings. The van der Waals surface area contributed by atoms with E-state index in [-0.39, 0.29) is 0 Å². The third-order valence-electron chi connectivity index (χ3n) is 7.34. The lowest BCUT2D eigenvalue weighted by Crippen LogP contribution is -2.67. The van der Waals surface area contributed by atoms with E-state index in [1.54, 1.807) is 0 Å². The van der Waals surface area contributed by atoms with Crippen LogP contribution in [0.4, 0.5) is 17.6 Å². The van der Waals surface area contributed by atoms with E-state index in [0.717, 1.165) is 48.5 Å². The first kappa shape index (κ1) is 33.8. The zero-order valence-corrected chi connectivity index (χ0v) is 24.4. The number of hydrogen-bond donors (Lipinski definition) is 2. The molecule has 14 heteroatoms. The van der Waals surface area contributed by atoms with Crippen molar-refractivity contribution < 1.29 is 65.9 Å². The standard InChI is InChI=1S/C34H24F4O10/c35-21-13-5-1-9-17(21)31(41)45-27-25(39)26(40)28(46-32(42)18-10-2-6-14-22(18)36)30(48-34(44)20-12-4-8-16-24(20)38)29(27)47-33(43)19-11-3-7-15-23(19)37/h1-16,25-30,39-40H/t25-,26+,27+,28-,29-,30+. The molecule has 0 bridgehead atoms. The Morgan fingerprint density at radius 3 is 0.833 bits per heavy atom. The van der Waals surface area contributed by atoms with Crippen LogP contribution in [0.15, 0.2) is 97.1 Å². The lowest BCUT2D eigenvalue weighted by molar-refractivity contribution is -0.223. The van der Waals surface area contributed by atoms with Crippen LogP contribution in [-0.2, 0) is 18.9 Å². The SMILES string of the molecule is O=C(O[C@@H]1[C@H](OC(=O)c2ccccc2F)[C@@H](OC(=O)c2ccccc2F)[C@H](O)[C@H](O)[C@H]1OC(=O)c1ccccc1F)c1ccccc1F. The molecule has 2 N–H and O–H groups in total. The highest BCUT2D eigenvalue weighted by molar-refractivity contribution is 5.92. The maximum Gasteiger partial charge on any atom is 0.341 e. The normalized spacial score (nSPS) is 21.9. The molecule has 0 radical (unpaired) electrons. The zero-order valence-electron chi connectivity index (χ0n) is 24.4. The van der Waals surface area contributed by atoms with Gasteiger partial charge >= 0.3 is 23.9 Å². The van der Waals surface area contributed by atoms with Crippen LogP contribution in [0, 0.1) is 23.3 Å². The summed E-state index contributed by atoms with van der Waals surface area (Å²) >= 11 is 0. The summed E-state index contributed by atoms with van der Waals surface area (Å²) in [6.45, 7) is 0. The Kier molecular flexibility index (Phi) is 10.2. The van der Waals surface area contributed by atoms with Crippen molar-refractivity contribution in [1.29, 1.82) is 0 Å². The van der Waals surface area contributed by atoms with Crippen molar-refractivity contribution in [3.8, 4) is 0 Å². The van der Waals surface area contributed by atoms with Gasteiger partial charge in [-0.05, 0) is 48.5 Å². The molecule has 5 rings (SSSR count). The molecule has 48 heavy (non-hydrogen) atoms. The van der Waals surface area contributed by atoms with Gasteiger partial charge in [0.2, 0.25) is 0 Å². The van der Waals surface area contributed by atoms with Gasteiger partial charge < -0.3 is 29.2 Å². The molecule has 248 valence electrons. The van der Waals surface area contributed by atoms with E-state index in [4.69, 9.17) is 18.9 Å². The third-order valence-corrected chi connectivity index (χ3v) is 7.34. The van der Waals surface area contributed by atoms with Crippen LogP contribution < -0.4 is 0 Å². The number of hydrogen-bond acceptors (Lipinski definition) is 10. The van der Waals surface area contributed by atoms with E-state index in [9.17, 15) is 47.0 Å². The van der Waals surface area contributed by atoms with Gasteiger partial charge in [-0.15, -0.1) is 0 Å². The number of halogens is 4. The summed E-state index contributed by atoms with van der Waals surface area (Å²) < 4.78 is 79.6. The summed E-state index contributed by atoms with van der Waals surface area (Å²) in [6, 6.07) is 17.8. The van der Waals surface area contributed by atoms with Crippen LogP contribution in [0.5, 0.6) is 0 Å². The molecule has 1 aliphatic carbocycles. The second-order valence-electron chi connectivity index (χ2n) is 10.4. The Morgan fingerprint density at radius 2 is 0.604 bits per heavy atom. The summed E-state index contributed by atoms with van der Waals surface area (Å²) in [6.07, 6.45) is -13.6. The Hall–Kier alpha value is -5.60. The predicted molar refractivity (Wildman–Crippen MR) is 154 cm³/mol. The second-order valence-corrected chi connectivity index (χ2v) is 10.4. The smallest absolute Gasteiger partial charge is 0.341 e. The fourth-order valence-corrected chi connectivity index (χ4v) is 4.95. The topological polar surface area (TPSA) is 146 Å². The van der Waals surface area contributed by atoms with Crippen molar-refractivity contribution in [2.45, 2.75) is 36.6 Å². The van der Waals surface area contributed by atoms with Gasteiger partial charge in [0.15, 0.2) is 24.4 Å². The third kappa shape index (κ3) is 7.04. The first-order chi connectivity index (χ1) is 23.0. The summed E-state index contributed by atoms with van der Waals surface area (Å²) in [5.74, 6) is -10.1. The first-order valence-electron chi connectivity index (χ1n) is 14.2. The minimum absolute atomic E-state index is 0.661. The zero-order chi connectivity index (χ0) is 34.5. The summed E-state index contributed by atoms with van der Waals surface area (Å²) in [4.78, 5) is 52.7. The lowest BCUT2D eigenvalue weighted by atomic mass is 9.84. The van der Waals surface area contributed by atoms with E-state index >= 15 is 0 Å². The molecule has 0 saturated heterocycles. The number of aliphatic hydroxyl groups is 2. The van der Waals surface area contributed by atoms with Gasteiger partial charge in [-0.3, -0.25) is 0 Å². The van der Waals surface area contributed by atoms with Crippen molar-refractivity contribution in [3.63, 3.8) is 0 Å². The van der Waals surface area contributed by atoms with Crippen molar-refractivity contribution in [3.05, 3.63) is 143 Å². The van der Waals surface area contributed by atoms with Crippen LogP contribution >= 0.6 is 0 Å². The molecular weight excluding hydrogens is 644 g/mol. The molecule has 0 spiro atoms. The fraction of sp³-hybridized carbons (Fsp3) is 0.176. The van der Waals surface area contributed by atoms with E-state index in [1.807, 2.05) is 0 Å². The van der Waals surface area contributed by atoms with Crippen molar-refractivity contribution in [2.24, 2.45) is 0 Å². The molecule has 4 aromatic carbocycles. The van der Waals surface area contributed by atoms with E-state index in [2.05, 4.69) is 0 Å². The van der Waals surface area contributed by atoms with Crippen LogP contribution in [-0.4, -0.2) is 70.7 Å². The highest BCUT2D eigenvalue weighted by atomic mass is 19.1. The fourth-order valence-electron chi connectivity index (χ4n) is 4.95. The summed E-state index contributed by atoms with van der Waals surface area (Å²) in [7, 11) is 0. The number of esters is 4. The monoisotopic (exact) mass is 668 g/mol. The highest BCUT2D eigenvalue weighted by Gasteiger charge is 2.58. The minimum atomic E-state index is -2.33. The average Bonchev–Trinajstić information content (AvgIpc) is 3.07. The molecule has 0 aromatic heterocycles. The van der Waals surface area contributed by atoms with Crippen LogP contribution in [0.3, 0.4) is 0 Å². The number of carbonyl (C=O) groups is 4. The molecule has 10 nitrogen and oxygen atoms in total. The predicted octanol–water partition coefficient (Wildman–Crippen LogP) is 4.18. The molecule has 0 amide bonds. The molecule has 0 aliphatic heterocycles. The van der Waals surface area contributed by atoms with Crippen LogP contribution in [0.2, 0.25) is 0 Å². The first-order valence-corrected chi connectivity index (χ1v) is 14.2. The Bertz CT molecular complexity index is 1720. The van der Waals surface area contributed by atoms with E-state index in [1.165, 1.54) is 48.5 Å². The van der Waals surface area contributed by atoms with Crippen molar-refractivity contribution >= 4 is 23.9 Å². The van der Waals surface area contributed by atoms with Crippen LogP contribution in [0.25, 0.3) is 0 Å². The summed E-state index contributed by atoms with van der Waals surface area (Å²) in [5.41, 5.74) is -2.69. The van der Waals surface area contributed by atoms with Gasteiger partial charge in [0.1, 0.15) is 35.5 Å². The van der Waals surface area contributed by atoms with Gasteiger partial charge in [-0.2, -0.15) is 0 Å².